The molecule has 0 saturated heterocycles. The fraction of sp³-hybridized carbons (Fsp3) is 0.750. The fourth-order valence-electron chi connectivity index (χ4n) is 2.42. The predicted molar refractivity (Wildman–Crippen MR) is 87.6 cm³/mol. The quantitative estimate of drug-likeness (QED) is 0.824. The normalized spacial score (nSPS) is 12.6. The van der Waals surface area contributed by atoms with E-state index in [-0.39, 0.29) is 0 Å². The number of anilines is 2. The molecular weight excluding hydrogens is 248 g/mol. The van der Waals surface area contributed by atoms with Crippen LogP contribution in [-0.4, -0.2) is 29.6 Å². The van der Waals surface area contributed by atoms with Crippen molar-refractivity contribution in [1.29, 1.82) is 0 Å². The molecule has 0 spiro atoms. The van der Waals surface area contributed by atoms with E-state index in [0.717, 1.165) is 42.4 Å². The molecule has 0 aliphatic carbocycles. The first-order valence-electron chi connectivity index (χ1n) is 7.68. The van der Waals surface area contributed by atoms with Crippen LogP contribution in [0.3, 0.4) is 0 Å². The highest BCUT2D eigenvalue weighted by atomic mass is 15.2. The van der Waals surface area contributed by atoms with Gasteiger partial charge in [-0.25, -0.2) is 9.97 Å². The van der Waals surface area contributed by atoms with Crippen molar-refractivity contribution >= 4 is 11.6 Å². The van der Waals surface area contributed by atoms with Gasteiger partial charge in [0.15, 0.2) is 0 Å². The average Bonchev–Trinajstić information content (AvgIpc) is 2.37. The second-order valence-electron chi connectivity index (χ2n) is 6.08. The van der Waals surface area contributed by atoms with E-state index < -0.39 is 0 Å². The Bertz CT molecular complexity index is 429. The molecule has 20 heavy (non-hydrogen) atoms. The number of nitrogens with one attached hydrogen (secondary N) is 1. The molecule has 114 valence electrons. The lowest BCUT2D eigenvalue weighted by Crippen LogP contribution is -2.32. The third kappa shape index (κ3) is 4.36. The van der Waals surface area contributed by atoms with E-state index >= 15 is 0 Å². The van der Waals surface area contributed by atoms with Crippen LogP contribution in [0.4, 0.5) is 11.6 Å². The van der Waals surface area contributed by atoms with Crippen LogP contribution in [0.1, 0.15) is 51.9 Å². The summed E-state index contributed by atoms with van der Waals surface area (Å²) >= 11 is 0. The number of hydrogen-bond acceptors (Lipinski definition) is 4. The van der Waals surface area contributed by atoms with E-state index in [1.165, 1.54) is 0 Å². The minimum Gasteiger partial charge on any atom is -0.370 e. The second-order valence-corrected chi connectivity index (χ2v) is 6.08. The van der Waals surface area contributed by atoms with Crippen LogP contribution in [0.5, 0.6) is 0 Å². The third-order valence-electron chi connectivity index (χ3n) is 3.58. The molecule has 0 aromatic carbocycles. The maximum absolute atomic E-state index is 4.64. The number of aryl methyl sites for hydroxylation is 1. The molecule has 0 fully saturated rings. The van der Waals surface area contributed by atoms with Gasteiger partial charge in [-0.1, -0.05) is 20.8 Å². The summed E-state index contributed by atoms with van der Waals surface area (Å²) in [5.41, 5.74) is 1.14. The van der Waals surface area contributed by atoms with Crippen molar-refractivity contribution < 1.29 is 0 Å². The molecular formula is C16H30N4. The summed E-state index contributed by atoms with van der Waals surface area (Å²) in [7, 11) is 2.13. The topological polar surface area (TPSA) is 41.1 Å². The van der Waals surface area contributed by atoms with Crippen LogP contribution in [0, 0.1) is 19.8 Å². The van der Waals surface area contributed by atoms with Gasteiger partial charge in [-0.2, -0.15) is 0 Å². The predicted octanol–water partition coefficient (Wildman–Crippen LogP) is 3.79. The lowest BCUT2D eigenvalue weighted by atomic mass is 10.0. The van der Waals surface area contributed by atoms with Crippen LogP contribution in [-0.2, 0) is 0 Å². The van der Waals surface area contributed by atoms with Crippen LogP contribution in [0.15, 0.2) is 0 Å². The summed E-state index contributed by atoms with van der Waals surface area (Å²) in [5.74, 6) is 3.53. The number of hydrogen-bond donors (Lipinski definition) is 1. The van der Waals surface area contributed by atoms with Crippen molar-refractivity contribution in [2.24, 2.45) is 5.92 Å². The molecule has 1 aromatic heterocycles. The number of nitrogens with zero attached hydrogens (tertiary/aromatic N) is 3. The van der Waals surface area contributed by atoms with Crippen LogP contribution in [0.25, 0.3) is 0 Å². The first-order chi connectivity index (χ1) is 9.36. The summed E-state index contributed by atoms with van der Waals surface area (Å²) in [5, 5.41) is 3.40. The van der Waals surface area contributed by atoms with Gasteiger partial charge in [0.1, 0.15) is 17.5 Å². The Balaban J connectivity index is 3.01. The molecule has 0 aliphatic rings. The Labute approximate surface area is 124 Å². The molecule has 0 amide bonds. The summed E-state index contributed by atoms with van der Waals surface area (Å²) in [4.78, 5) is 11.4. The Hall–Kier alpha value is -1.32. The zero-order chi connectivity index (χ0) is 15.3. The highest BCUT2D eigenvalue weighted by molar-refractivity contribution is 5.58. The molecule has 0 saturated carbocycles. The molecule has 1 atom stereocenters. The van der Waals surface area contributed by atoms with Crippen molar-refractivity contribution in [3.05, 3.63) is 11.4 Å². The van der Waals surface area contributed by atoms with Crippen molar-refractivity contribution in [3.8, 4) is 0 Å². The largest absolute Gasteiger partial charge is 0.370 e. The van der Waals surface area contributed by atoms with Gasteiger partial charge in [-0.15, -0.1) is 0 Å². The zero-order valence-electron chi connectivity index (χ0n) is 14.1. The molecule has 0 bridgehead atoms. The maximum atomic E-state index is 4.64. The molecule has 1 heterocycles. The Morgan fingerprint density at radius 2 is 1.80 bits per heavy atom. The monoisotopic (exact) mass is 278 g/mol. The van der Waals surface area contributed by atoms with E-state index in [9.17, 15) is 0 Å². The minimum absolute atomic E-state index is 0.474. The van der Waals surface area contributed by atoms with Gasteiger partial charge >= 0.3 is 0 Å². The van der Waals surface area contributed by atoms with Crippen LogP contribution >= 0.6 is 0 Å². The van der Waals surface area contributed by atoms with Gasteiger partial charge in [-0.05, 0) is 39.5 Å². The molecule has 1 N–H and O–H groups in total. The number of aromatic nitrogens is 2. The van der Waals surface area contributed by atoms with E-state index in [1.54, 1.807) is 0 Å². The van der Waals surface area contributed by atoms with Gasteiger partial charge in [0, 0.05) is 25.2 Å². The zero-order valence-corrected chi connectivity index (χ0v) is 14.1. The van der Waals surface area contributed by atoms with Gasteiger partial charge in [-0.3, -0.25) is 0 Å². The highest BCUT2D eigenvalue weighted by Gasteiger charge is 2.17. The molecule has 4 heteroatoms. The summed E-state index contributed by atoms with van der Waals surface area (Å²) in [6.07, 6.45) is 2.26. The van der Waals surface area contributed by atoms with Crippen molar-refractivity contribution in [2.45, 2.75) is 60.4 Å². The molecule has 1 unspecified atom stereocenters. The van der Waals surface area contributed by atoms with Crippen LogP contribution < -0.4 is 10.2 Å². The summed E-state index contributed by atoms with van der Waals surface area (Å²) < 4.78 is 0. The Morgan fingerprint density at radius 3 is 2.35 bits per heavy atom. The van der Waals surface area contributed by atoms with Crippen LogP contribution in [0.2, 0.25) is 0 Å². The van der Waals surface area contributed by atoms with Gasteiger partial charge in [0.25, 0.3) is 0 Å². The van der Waals surface area contributed by atoms with Crippen molar-refractivity contribution in [3.63, 3.8) is 0 Å². The lowest BCUT2D eigenvalue weighted by molar-refractivity contribution is 0.501. The average molecular weight is 278 g/mol. The van der Waals surface area contributed by atoms with Gasteiger partial charge in [0.2, 0.25) is 0 Å². The first-order valence-corrected chi connectivity index (χ1v) is 7.68. The third-order valence-corrected chi connectivity index (χ3v) is 3.58. The molecule has 0 radical (unpaired) electrons. The van der Waals surface area contributed by atoms with Crippen molar-refractivity contribution in [2.75, 3.05) is 23.8 Å². The fourth-order valence-corrected chi connectivity index (χ4v) is 2.42. The van der Waals surface area contributed by atoms with Gasteiger partial charge < -0.3 is 10.2 Å². The highest BCUT2D eigenvalue weighted by Crippen LogP contribution is 2.25. The van der Waals surface area contributed by atoms with E-state index in [2.05, 4.69) is 61.9 Å². The Morgan fingerprint density at radius 1 is 1.15 bits per heavy atom. The van der Waals surface area contributed by atoms with Crippen molar-refractivity contribution in [1.82, 2.24) is 9.97 Å². The first kappa shape index (κ1) is 16.7. The summed E-state index contributed by atoms with van der Waals surface area (Å²) in [6.45, 7) is 14.0. The number of rotatable bonds is 7. The van der Waals surface area contributed by atoms with E-state index in [4.69, 9.17) is 0 Å². The summed E-state index contributed by atoms with van der Waals surface area (Å²) in [6, 6.07) is 0.474. The second kappa shape index (κ2) is 7.46. The lowest BCUT2D eigenvalue weighted by Gasteiger charge is -2.29. The molecule has 0 aliphatic heterocycles. The molecule has 4 nitrogen and oxygen atoms in total. The molecule has 1 aromatic rings. The maximum Gasteiger partial charge on any atom is 0.137 e. The SMILES string of the molecule is CCCNc1nc(C)nc(N(C)C(C)CC(C)C)c1C. The van der Waals surface area contributed by atoms with Gasteiger partial charge in [0.05, 0.1) is 0 Å². The Kier molecular flexibility index (Phi) is 6.24. The van der Waals surface area contributed by atoms with E-state index in [0.29, 0.717) is 12.0 Å². The van der Waals surface area contributed by atoms with E-state index in [1.807, 2.05) is 6.92 Å². The standard InChI is InChI=1S/C16H30N4/c1-8-9-17-15-13(5)16(19-14(6)18-15)20(7)12(4)10-11(2)3/h11-12H,8-10H2,1-7H3,(H,17,18,19). The minimum atomic E-state index is 0.474. The molecule has 1 rings (SSSR count). The smallest absolute Gasteiger partial charge is 0.137 e.